The molecule has 3 aromatic carbocycles. The van der Waals surface area contributed by atoms with Gasteiger partial charge in [0.15, 0.2) is 11.6 Å². The van der Waals surface area contributed by atoms with Gasteiger partial charge < -0.3 is 9.47 Å². The summed E-state index contributed by atoms with van der Waals surface area (Å²) in [6.07, 6.45) is -4.52. The van der Waals surface area contributed by atoms with E-state index in [9.17, 15) is 22.0 Å². The molecule has 35 heavy (non-hydrogen) atoms. The number of rotatable bonds is 5. The molecular formula is C24H13Cl2F5N2O2. The molecule has 0 aliphatic heterocycles. The summed E-state index contributed by atoms with van der Waals surface area (Å²) in [6.45, 7) is 0. The van der Waals surface area contributed by atoms with Crippen molar-refractivity contribution in [3.63, 3.8) is 0 Å². The first kappa shape index (κ1) is 24.7. The van der Waals surface area contributed by atoms with Crippen molar-refractivity contribution in [3.8, 4) is 40.0 Å². The van der Waals surface area contributed by atoms with E-state index in [1.807, 2.05) is 0 Å². The molecule has 0 fully saturated rings. The number of ether oxygens (including phenoxy) is 2. The van der Waals surface area contributed by atoms with Crippen molar-refractivity contribution in [1.82, 2.24) is 9.97 Å². The van der Waals surface area contributed by atoms with Gasteiger partial charge in [-0.25, -0.2) is 8.78 Å². The molecule has 0 aliphatic carbocycles. The molecule has 4 rings (SSSR count). The van der Waals surface area contributed by atoms with Crippen LogP contribution in [0, 0.1) is 11.6 Å². The van der Waals surface area contributed by atoms with E-state index in [1.165, 1.54) is 31.4 Å². The fourth-order valence-electron chi connectivity index (χ4n) is 3.22. The van der Waals surface area contributed by atoms with Gasteiger partial charge in [-0.2, -0.15) is 23.1 Å². The van der Waals surface area contributed by atoms with Gasteiger partial charge in [0, 0.05) is 16.7 Å². The monoisotopic (exact) mass is 526 g/mol. The van der Waals surface area contributed by atoms with Gasteiger partial charge in [-0.05, 0) is 48.0 Å². The van der Waals surface area contributed by atoms with Crippen molar-refractivity contribution in [3.05, 3.63) is 87.9 Å². The molecule has 0 atom stereocenters. The molecule has 0 saturated carbocycles. The van der Waals surface area contributed by atoms with E-state index < -0.39 is 23.4 Å². The number of halogens is 7. The van der Waals surface area contributed by atoms with Crippen LogP contribution in [0.4, 0.5) is 22.0 Å². The molecule has 4 nitrogen and oxygen atoms in total. The van der Waals surface area contributed by atoms with Crippen LogP contribution in [0.25, 0.3) is 22.4 Å². The largest absolute Gasteiger partial charge is 0.480 e. The fraction of sp³-hybridized carbons (Fsp3) is 0.0833. The molecule has 180 valence electrons. The Morgan fingerprint density at radius 1 is 0.829 bits per heavy atom. The Hall–Kier alpha value is -3.43. The SMILES string of the molecule is COc1nc(Oc2ccc(F)c(F)c2)nc(-c2ccc(Cl)cc2Cl)c1-c1ccc(C(F)(F)F)cc1. The van der Waals surface area contributed by atoms with Crippen molar-refractivity contribution in [2.45, 2.75) is 6.18 Å². The minimum absolute atomic E-state index is 0.0571. The van der Waals surface area contributed by atoms with Crippen LogP contribution in [-0.4, -0.2) is 17.1 Å². The normalized spacial score (nSPS) is 11.4. The predicted octanol–water partition coefficient (Wildman–Crippen LogP) is 8.22. The zero-order valence-electron chi connectivity index (χ0n) is 17.6. The number of alkyl halides is 3. The molecule has 4 aromatic rings. The van der Waals surface area contributed by atoms with E-state index in [-0.39, 0.29) is 33.9 Å². The molecule has 0 radical (unpaired) electrons. The van der Waals surface area contributed by atoms with Crippen LogP contribution >= 0.6 is 23.2 Å². The Kier molecular flexibility index (Phi) is 6.82. The third kappa shape index (κ3) is 5.31. The molecule has 1 heterocycles. The third-order valence-corrected chi connectivity index (χ3v) is 5.38. The van der Waals surface area contributed by atoms with E-state index in [0.29, 0.717) is 16.1 Å². The van der Waals surface area contributed by atoms with Crippen molar-refractivity contribution in [2.24, 2.45) is 0 Å². The van der Waals surface area contributed by atoms with E-state index in [1.54, 1.807) is 12.1 Å². The number of benzene rings is 3. The summed E-state index contributed by atoms with van der Waals surface area (Å²) >= 11 is 12.4. The Labute approximate surface area is 205 Å². The van der Waals surface area contributed by atoms with Gasteiger partial charge in [-0.15, -0.1) is 0 Å². The maximum Gasteiger partial charge on any atom is 0.416 e. The Morgan fingerprint density at radius 2 is 1.54 bits per heavy atom. The third-order valence-electron chi connectivity index (χ3n) is 4.84. The van der Waals surface area contributed by atoms with Gasteiger partial charge in [0.2, 0.25) is 5.88 Å². The van der Waals surface area contributed by atoms with Crippen molar-refractivity contribution >= 4 is 23.2 Å². The Bertz CT molecular complexity index is 1400. The Balaban J connectivity index is 1.91. The van der Waals surface area contributed by atoms with Gasteiger partial charge in [0.1, 0.15) is 5.75 Å². The summed E-state index contributed by atoms with van der Waals surface area (Å²) in [7, 11) is 1.30. The number of hydrogen-bond donors (Lipinski definition) is 0. The average molecular weight is 527 g/mol. The molecule has 0 amide bonds. The summed E-state index contributed by atoms with van der Waals surface area (Å²) in [5.41, 5.74) is 0.182. The zero-order chi connectivity index (χ0) is 25.3. The van der Waals surface area contributed by atoms with E-state index in [2.05, 4.69) is 9.97 Å². The summed E-state index contributed by atoms with van der Waals surface area (Å²) in [5, 5.41) is 0.527. The first-order valence-electron chi connectivity index (χ1n) is 9.79. The second-order valence-electron chi connectivity index (χ2n) is 7.12. The molecule has 0 spiro atoms. The molecule has 0 saturated heterocycles. The number of aromatic nitrogens is 2. The average Bonchev–Trinajstić information content (AvgIpc) is 2.80. The van der Waals surface area contributed by atoms with Gasteiger partial charge in [-0.3, -0.25) is 0 Å². The Morgan fingerprint density at radius 3 is 2.14 bits per heavy atom. The summed E-state index contributed by atoms with van der Waals surface area (Å²) in [4.78, 5) is 8.51. The molecule has 11 heteroatoms. The highest BCUT2D eigenvalue weighted by Gasteiger charge is 2.30. The van der Waals surface area contributed by atoms with Gasteiger partial charge >= 0.3 is 12.2 Å². The van der Waals surface area contributed by atoms with E-state index >= 15 is 0 Å². The first-order chi connectivity index (χ1) is 16.6. The highest BCUT2D eigenvalue weighted by Crippen LogP contribution is 2.42. The minimum atomic E-state index is -4.52. The van der Waals surface area contributed by atoms with Gasteiger partial charge in [-0.1, -0.05) is 35.3 Å². The summed E-state index contributed by atoms with van der Waals surface area (Å²) in [6, 6.07) is 11.4. The zero-order valence-corrected chi connectivity index (χ0v) is 19.1. The van der Waals surface area contributed by atoms with Crippen molar-refractivity contribution in [2.75, 3.05) is 7.11 Å². The second-order valence-corrected chi connectivity index (χ2v) is 7.96. The number of methoxy groups -OCH3 is 1. The van der Waals surface area contributed by atoms with Crippen LogP contribution in [0.1, 0.15) is 5.56 Å². The van der Waals surface area contributed by atoms with Crippen molar-refractivity contribution < 1.29 is 31.4 Å². The van der Waals surface area contributed by atoms with Gasteiger partial charge in [0.05, 0.1) is 29.0 Å². The minimum Gasteiger partial charge on any atom is -0.480 e. The molecule has 1 aromatic heterocycles. The first-order valence-corrected chi connectivity index (χ1v) is 10.5. The predicted molar refractivity (Wildman–Crippen MR) is 121 cm³/mol. The lowest BCUT2D eigenvalue weighted by Crippen LogP contribution is -2.05. The van der Waals surface area contributed by atoms with Crippen LogP contribution in [-0.2, 0) is 6.18 Å². The molecule has 0 unspecified atom stereocenters. The maximum absolute atomic E-state index is 13.6. The topological polar surface area (TPSA) is 44.2 Å². The maximum atomic E-state index is 13.6. The smallest absolute Gasteiger partial charge is 0.416 e. The van der Waals surface area contributed by atoms with Crippen LogP contribution in [0.2, 0.25) is 10.0 Å². The highest BCUT2D eigenvalue weighted by molar-refractivity contribution is 6.36. The van der Waals surface area contributed by atoms with Crippen LogP contribution in [0.5, 0.6) is 17.6 Å². The molecule has 0 aliphatic rings. The van der Waals surface area contributed by atoms with Crippen molar-refractivity contribution in [1.29, 1.82) is 0 Å². The summed E-state index contributed by atoms with van der Waals surface area (Å²) < 4.78 is 77.0. The fourth-order valence-corrected chi connectivity index (χ4v) is 3.72. The molecule has 0 bridgehead atoms. The molecule has 0 N–H and O–H groups in total. The van der Waals surface area contributed by atoms with Crippen LogP contribution < -0.4 is 9.47 Å². The second kappa shape index (κ2) is 9.67. The number of hydrogen-bond acceptors (Lipinski definition) is 4. The van der Waals surface area contributed by atoms with E-state index in [4.69, 9.17) is 32.7 Å². The van der Waals surface area contributed by atoms with Crippen LogP contribution in [0.15, 0.2) is 60.7 Å². The lowest BCUT2D eigenvalue weighted by molar-refractivity contribution is -0.137. The number of nitrogens with zero attached hydrogens (tertiary/aromatic N) is 2. The highest BCUT2D eigenvalue weighted by atomic mass is 35.5. The molecular weight excluding hydrogens is 514 g/mol. The summed E-state index contributed by atoms with van der Waals surface area (Å²) in [5.74, 6) is -2.36. The van der Waals surface area contributed by atoms with E-state index in [0.717, 1.165) is 24.3 Å². The standard InChI is InChI=1S/C24H13Cl2F5N2O2/c1-34-22-20(12-2-4-13(5-3-12)24(29,30)31)21(16-8-6-14(25)10-17(16)26)32-23(33-22)35-15-7-9-18(27)19(28)11-15/h2-11H,1H3. The van der Waals surface area contributed by atoms with Crippen LogP contribution in [0.3, 0.4) is 0 Å². The lowest BCUT2D eigenvalue weighted by Gasteiger charge is -2.16. The lowest BCUT2D eigenvalue weighted by atomic mass is 9.99. The van der Waals surface area contributed by atoms with Gasteiger partial charge in [0.25, 0.3) is 0 Å². The quantitative estimate of drug-likeness (QED) is 0.246.